The Morgan fingerprint density at radius 3 is 2.36 bits per heavy atom. The molecule has 0 fully saturated rings. The van der Waals surface area contributed by atoms with Gasteiger partial charge in [-0.2, -0.15) is 0 Å². The van der Waals surface area contributed by atoms with Gasteiger partial charge in [0.25, 0.3) is 0 Å². The molecule has 0 aliphatic carbocycles. The zero-order chi connectivity index (χ0) is 17.4. The highest BCUT2D eigenvalue weighted by molar-refractivity contribution is 6.30. The summed E-state index contributed by atoms with van der Waals surface area (Å²) >= 11 is 6.16. The second kappa shape index (κ2) is 11.1. The van der Waals surface area contributed by atoms with Gasteiger partial charge in [0.1, 0.15) is 5.75 Å². The molecule has 0 aliphatic heterocycles. The molecule has 0 bridgehead atoms. The molecule has 2 aromatic rings. The lowest BCUT2D eigenvalue weighted by atomic mass is 10.1. The highest BCUT2D eigenvalue weighted by atomic mass is 35.5. The minimum absolute atomic E-state index is 0. The fourth-order valence-corrected chi connectivity index (χ4v) is 2.69. The molecule has 0 heterocycles. The van der Waals surface area contributed by atoms with Gasteiger partial charge >= 0.3 is 0 Å². The second-order valence-corrected chi connectivity index (χ2v) is 5.74. The van der Waals surface area contributed by atoms with Gasteiger partial charge in [0.05, 0.1) is 20.8 Å². The van der Waals surface area contributed by atoms with Crippen molar-refractivity contribution < 1.29 is 14.2 Å². The zero-order valence-corrected chi connectivity index (χ0v) is 16.4. The van der Waals surface area contributed by atoms with Crippen LogP contribution in [0.5, 0.6) is 17.2 Å². The van der Waals surface area contributed by atoms with E-state index in [9.17, 15) is 0 Å². The molecule has 1 N–H and O–H groups in total. The molecule has 0 spiro atoms. The third-order valence-corrected chi connectivity index (χ3v) is 3.89. The summed E-state index contributed by atoms with van der Waals surface area (Å²) in [5, 5.41) is 4.07. The molecule has 0 unspecified atom stereocenters. The van der Waals surface area contributed by atoms with Crippen LogP contribution in [0.4, 0.5) is 0 Å². The summed E-state index contributed by atoms with van der Waals surface area (Å²) in [7, 11) is 3.29. The first kappa shape index (κ1) is 21.4. The van der Waals surface area contributed by atoms with E-state index in [1.165, 1.54) is 5.56 Å². The van der Waals surface area contributed by atoms with Crippen molar-refractivity contribution in [3.8, 4) is 17.2 Å². The Morgan fingerprint density at radius 2 is 1.76 bits per heavy atom. The fraction of sp³-hybridized carbons (Fsp3) is 0.368. The highest BCUT2D eigenvalue weighted by Gasteiger charge is 2.12. The molecular formula is C19H25Cl2NO3. The summed E-state index contributed by atoms with van der Waals surface area (Å²) in [4.78, 5) is 0. The smallest absolute Gasteiger partial charge is 0.165 e. The normalized spacial score (nSPS) is 10.1. The van der Waals surface area contributed by atoms with Crippen molar-refractivity contribution in [3.05, 3.63) is 52.5 Å². The van der Waals surface area contributed by atoms with E-state index in [1.54, 1.807) is 20.3 Å². The molecule has 0 radical (unpaired) electrons. The maximum absolute atomic E-state index is 6.16. The third-order valence-electron chi connectivity index (χ3n) is 3.67. The van der Waals surface area contributed by atoms with Crippen molar-refractivity contribution >= 4 is 24.0 Å². The number of ether oxygens (including phenoxy) is 3. The molecule has 0 atom stereocenters. The molecule has 2 aromatic carbocycles. The molecule has 0 aliphatic rings. The third kappa shape index (κ3) is 6.31. The van der Waals surface area contributed by atoms with Gasteiger partial charge in [-0.25, -0.2) is 0 Å². The van der Waals surface area contributed by atoms with E-state index in [4.69, 9.17) is 25.8 Å². The van der Waals surface area contributed by atoms with E-state index in [-0.39, 0.29) is 12.4 Å². The minimum atomic E-state index is 0. The Labute approximate surface area is 160 Å². The highest BCUT2D eigenvalue weighted by Crippen LogP contribution is 2.34. The van der Waals surface area contributed by atoms with Gasteiger partial charge in [-0.15, -0.1) is 12.4 Å². The monoisotopic (exact) mass is 385 g/mol. The fourth-order valence-electron chi connectivity index (χ4n) is 2.46. The maximum atomic E-state index is 6.16. The Bertz CT molecular complexity index is 648. The van der Waals surface area contributed by atoms with E-state index in [0.717, 1.165) is 30.0 Å². The van der Waals surface area contributed by atoms with Crippen LogP contribution < -0.4 is 19.5 Å². The maximum Gasteiger partial charge on any atom is 0.165 e. The SMILES string of the molecule is CCOc1c(CNCCc2ccc(OC)cc2)cc(Cl)cc1OC.Cl. The van der Waals surface area contributed by atoms with Crippen LogP contribution in [0.25, 0.3) is 0 Å². The molecule has 25 heavy (non-hydrogen) atoms. The van der Waals surface area contributed by atoms with E-state index in [1.807, 2.05) is 25.1 Å². The van der Waals surface area contributed by atoms with E-state index < -0.39 is 0 Å². The van der Waals surface area contributed by atoms with Crippen LogP contribution in [-0.2, 0) is 13.0 Å². The van der Waals surface area contributed by atoms with Crippen molar-refractivity contribution in [1.29, 1.82) is 0 Å². The van der Waals surface area contributed by atoms with Crippen molar-refractivity contribution in [2.24, 2.45) is 0 Å². The summed E-state index contributed by atoms with van der Waals surface area (Å²) in [6, 6.07) is 11.8. The molecule has 4 nitrogen and oxygen atoms in total. The topological polar surface area (TPSA) is 39.7 Å². The van der Waals surface area contributed by atoms with Gasteiger partial charge in [0.15, 0.2) is 11.5 Å². The average Bonchev–Trinajstić information content (AvgIpc) is 2.61. The molecule has 0 saturated heterocycles. The quantitative estimate of drug-likeness (QED) is 0.644. The summed E-state index contributed by atoms with van der Waals surface area (Å²) in [5.74, 6) is 2.29. The summed E-state index contributed by atoms with van der Waals surface area (Å²) in [5.41, 5.74) is 2.26. The van der Waals surface area contributed by atoms with E-state index in [0.29, 0.717) is 23.9 Å². The molecule has 0 aromatic heterocycles. The van der Waals surface area contributed by atoms with Gasteiger partial charge in [-0.1, -0.05) is 23.7 Å². The van der Waals surface area contributed by atoms with E-state index in [2.05, 4.69) is 17.4 Å². The van der Waals surface area contributed by atoms with Crippen LogP contribution >= 0.6 is 24.0 Å². The van der Waals surface area contributed by atoms with Crippen LogP contribution in [0.2, 0.25) is 5.02 Å². The molecule has 0 amide bonds. The Kier molecular flexibility index (Phi) is 9.50. The van der Waals surface area contributed by atoms with E-state index >= 15 is 0 Å². The molecule has 2 rings (SSSR count). The van der Waals surface area contributed by atoms with Crippen LogP contribution in [0, 0.1) is 0 Å². The van der Waals surface area contributed by atoms with Crippen molar-refractivity contribution in [1.82, 2.24) is 5.32 Å². The minimum Gasteiger partial charge on any atom is -0.497 e. The first-order valence-electron chi connectivity index (χ1n) is 8.00. The Balaban J connectivity index is 0.00000312. The second-order valence-electron chi connectivity index (χ2n) is 5.30. The molecule has 6 heteroatoms. The van der Waals surface area contributed by atoms with Crippen molar-refractivity contribution in [2.75, 3.05) is 27.4 Å². The summed E-state index contributed by atoms with van der Waals surface area (Å²) in [6.45, 7) is 4.06. The molecular weight excluding hydrogens is 361 g/mol. The van der Waals surface area contributed by atoms with Crippen LogP contribution in [0.1, 0.15) is 18.1 Å². The predicted octanol–water partition coefficient (Wildman–Crippen LogP) is 4.51. The molecule has 0 saturated carbocycles. The standard InChI is InChI=1S/C19H24ClNO3.ClH/c1-4-24-19-15(11-16(20)12-18(19)23-3)13-21-10-9-14-5-7-17(22-2)8-6-14;/h5-8,11-12,21H,4,9-10,13H2,1-3H3;1H. The van der Waals surface area contributed by atoms with Crippen molar-refractivity contribution in [3.63, 3.8) is 0 Å². The van der Waals surface area contributed by atoms with Crippen LogP contribution in [-0.4, -0.2) is 27.4 Å². The van der Waals surface area contributed by atoms with Gasteiger partial charge in [-0.05, 0) is 43.7 Å². The number of hydrogen-bond donors (Lipinski definition) is 1. The first-order chi connectivity index (χ1) is 11.7. The Morgan fingerprint density at radius 1 is 1.04 bits per heavy atom. The largest absolute Gasteiger partial charge is 0.497 e. The van der Waals surface area contributed by atoms with Gasteiger partial charge in [0.2, 0.25) is 0 Å². The first-order valence-corrected chi connectivity index (χ1v) is 8.38. The molecule has 138 valence electrons. The number of rotatable bonds is 9. The average molecular weight is 386 g/mol. The predicted molar refractivity (Wildman–Crippen MR) is 105 cm³/mol. The summed E-state index contributed by atoms with van der Waals surface area (Å²) < 4.78 is 16.3. The lowest BCUT2D eigenvalue weighted by Crippen LogP contribution is -2.17. The van der Waals surface area contributed by atoms with Gasteiger partial charge in [0, 0.05) is 23.2 Å². The Hall–Kier alpha value is -1.62. The number of hydrogen-bond acceptors (Lipinski definition) is 4. The lowest BCUT2D eigenvalue weighted by molar-refractivity contribution is 0.307. The van der Waals surface area contributed by atoms with Crippen LogP contribution in [0.3, 0.4) is 0 Å². The van der Waals surface area contributed by atoms with Crippen molar-refractivity contribution in [2.45, 2.75) is 19.9 Å². The lowest BCUT2D eigenvalue weighted by Gasteiger charge is -2.15. The van der Waals surface area contributed by atoms with Gasteiger partial charge in [-0.3, -0.25) is 0 Å². The summed E-state index contributed by atoms with van der Waals surface area (Å²) in [6.07, 6.45) is 0.936. The number of methoxy groups -OCH3 is 2. The number of benzene rings is 2. The number of nitrogens with one attached hydrogen (secondary N) is 1. The van der Waals surface area contributed by atoms with Gasteiger partial charge < -0.3 is 19.5 Å². The zero-order valence-electron chi connectivity index (χ0n) is 14.8. The number of halogens is 2. The van der Waals surface area contributed by atoms with Crippen LogP contribution in [0.15, 0.2) is 36.4 Å².